The van der Waals surface area contributed by atoms with E-state index in [1.165, 1.54) is 24.9 Å². The van der Waals surface area contributed by atoms with Crippen molar-refractivity contribution in [1.82, 2.24) is 4.90 Å². The van der Waals surface area contributed by atoms with E-state index in [0.717, 1.165) is 15.5 Å². The minimum absolute atomic E-state index is 0.0614. The summed E-state index contributed by atoms with van der Waals surface area (Å²) >= 11 is 4.91. The van der Waals surface area contributed by atoms with E-state index in [-0.39, 0.29) is 10.8 Å². The van der Waals surface area contributed by atoms with E-state index in [0.29, 0.717) is 0 Å². The standard InChI is InChI=1S/C17H28N.2C6H4Br.Ga/c1-16(2,3)14-9-13(12-18(7)8)10-15(11-14)17(4,5)6;2*7-6-4-2-1-3-5-6;/h9,11H,12H2,1-8H3;2*2-5H;. The Hall–Kier alpha value is -0.784. The Morgan fingerprint density at radius 3 is 1.52 bits per heavy atom. The fourth-order valence-electron chi connectivity index (χ4n) is 4.42. The molecule has 0 aliphatic rings. The van der Waals surface area contributed by atoms with Gasteiger partial charge in [0.1, 0.15) is 0 Å². The zero-order valence-electron chi connectivity index (χ0n) is 21.3. The van der Waals surface area contributed by atoms with Gasteiger partial charge >= 0.3 is 225 Å². The van der Waals surface area contributed by atoms with Crippen LogP contribution in [0.1, 0.15) is 58.2 Å². The first-order valence-corrected chi connectivity index (χ1v) is 16.8. The number of rotatable bonds is 5. The zero-order chi connectivity index (χ0) is 24.6. The van der Waals surface area contributed by atoms with Crippen molar-refractivity contribution in [2.24, 2.45) is 0 Å². The van der Waals surface area contributed by atoms with Crippen LogP contribution < -0.4 is 12.4 Å². The average Bonchev–Trinajstić information content (AvgIpc) is 2.69. The second-order valence-electron chi connectivity index (χ2n) is 11.4. The minimum atomic E-state index is -2.39. The van der Waals surface area contributed by atoms with Crippen molar-refractivity contribution in [3.8, 4) is 0 Å². The van der Waals surface area contributed by atoms with Crippen molar-refractivity contribution >= 4 is 60.4 Å². The molecule has 0 fully saturated rings. The SMILES string of the molecule is CN(C)Cc1cc(C(C)(C)C)cc(C(C)(C)C)[c]1[Ga]([c]1ccc(Br)cc1)[c]1ccc(Br)cc1. The molecule has 4 heteroatoms. The summed E-state index contributed by atoms with van der Waals surface area (Å²) in [7, 11) is 4.37. The topological polar surface area (TPSA) is 3.24 Å². The third-order valence-electron chi connectivity index (χ3n) is 6.12. The number of nitrogens with zero attached hydrogens (tertiary/aromatic N) is 1. The summed E-state index contributed by atoms with van der Waals surface area (Å²) < 4.78 is 6.90. The van der Waals surface area contributed by atoms with E-state index >= 15 is 0 Å². The van der Waals surface area contributed by atoms with Crippen LogP contribution in [0.15, 0.2) is 69.6 Å². The summed E-state index contributed by atoms with van der Waals surface area (Å²) in [4.78, 5) is 2.32. The van der Waals surface area contributed by atoms with Gasteiger partial charge in [-0.3, -0.25) is 0 Å². The van der Waals surface area contributed by atoms with Gasteiger partial charge in [0, 0.05) is 0 Å². The third kappa shape index (κ3) is 6.67. The molecule has 0 saturated heterocycles. The molecular formula is C29H36Br2GaN. The van der Waals surface area contributed by atoms with Gasteiger partial charge in [0.25, 0.3) is 0 Å². The maximum atomic E-state index is 3.65. The monoisotopic (exact) mass is 625 g/mol. The molecule has 0 aliphatic carbocycles. The molecule has 3 aromatic rings. The third-order valence-corrected chi connectivity index (χ3v) is 14.2. The molecule has 0 bridgehead atoms. The molecular weight excluding hydrogens is 592 g/mol. The number of hydrogen-bond acceptors (Lipinski definition) is 1. The summed E-state index contributed by atoms with van der Waals surface area (Å²) in [6.07, 6.45) is 0. The van der Waals surface area contributed by atoms with Crippen LogP contribution >= 0.6 is 31.9 Å². The summed E-state index contributed by atoms with van der Waals surface area (Å²) in [5, 5.41) is 0. The summed E-state index contributed by atoms with van der Waals surface area (Å²) in [6, 6.07) is 23.2. The summed E-state index contributed by atoms with van der Waals surface area (Å²) in [5.41, 5.74) is 4.61. The molecule has 0 N–H and O–H groups in total. The van der Waals surface area contributed by atoms with Gasteiger partial charge in [-0.1, -0.05) is 0 Å². The molecule has 3 aromatic carbocycles. The van der Waals surface area contributed by atoms with Gasteiger partial charge in [0.05, 0.1) is 0 Å². The van der Waals surface area contributed by atoms with Crippen molar-refractivity contribution in [2.45, 2.75) is 58.9 Å². The molecule has 0 aliphatic heterocycles. The Morgan fingerprint density at radius 2 is 1.15 bits per heavy atom. The first-order chi connectivity index (χ1) is 15.3. The summed E-state index contributed by atoms with van der Waals surface area (Å²) in [6.45, 7) is 15.1. The molecule has 0 saturated carbocycles. The van der Waals surface area contributed by atoms with Crippen molar-refractivity contribution in [2.75, 3.05) is 14.1 Å². The van der Waals surface area contributed by atoms with Crippen LogP contribution in [-0.4, -0.2) is 35.2 Å². The molecule has 33 heavy (non-hydrogen) atoms. The van der Waals surface area contributed by atoms with Gasteiger partial charge in [-0.05, 0) is 0 Å². The molecule has 0 heterocycles. The number of hydrogen-bond donors (Lipinski definition) is 0. The maximum absolute atomic E-state index is 3.65. The van der Waals surface area contributed by atoms with Gasteiger partial charge in [-0.2, -0.15) is 0 Å². The normalized spacial score (nSPS) is 12.3. The number of halogens is 2. The van der Waals surface area contributed by atoms with Crippen LogP contribution in [0.2, 0.25) is 0 Å². The molecule has 174 valence electrons. The van der Waals surface area contributed by atoms with Gasteiger partial charge in [-0.15, -0.1) is 0 Å². The van der Waals surface area contributed by atoms with Crippen LogP contribution in [0.5, 0.6) is 0 Å². The van der Waals surface area contributed by atoms with E-state index in [4.69, 9.17) is 0 Å². The Bertz CT molecular complexity index is 1040. The number of benzene rings is 3. The van der Waals surface area contributed by atoms with E-state index in [1.807, 2.05) is 0 Å². The van der Waals surface area contributed by atoms with Crippen LogP contribution in [-0.2, 0) is 17.4 Å². The van der Waals surface area contributed by atoms with Gasteiger partial charge < -0.3 is 0 Å². The summed E-state index contributed by atoms with van der Waals surface area (Å²) in [5.74, 6) is 0. The first kappa shape index (κ1) is 26.8. The van der Waals surface area contributed by atoms with Crippen LogP contribution in [0.3, 0.4) is 0 Å². The van der Waals surface area contributed by atoms with E-state index in [1.54, 1.807) is 4.12 Å². The Balaban J connectivity index is 2.42. The molecule has 0 amide bonds. The Labute approximate surface area is 223 Å². The van der Waals surface area contributed by atoms with Crippen molar-refractivity contribution < 1.29 is 0 Å². The Morgan fingerprint density at radius 1 is 0.697 bits per heavy atom. The molecule has 1 nitrogen and oxygen atoms in total. The van der Waals surface area contributed by atoms with Gasteiger partial charge in [0.2, 0.25) is 0 Å². The average molecular weight is 628 g/mol. The predicted octanol–water partition coefficient (Wildman–Crippen LogP) is 6.38. The predicted molar refractivity (Wildman–Crippen MR) is 154 cm³/mol. The quantitative estimate of drug-likeness (QED) is 0.297. The van der Waals surface area contributed by atoms with Crippen molar-refractivity contribution in [1.29, 1.82) is 0 Å². The fraction of sp³-hybridized carbons (Fsp3) is 0.379. The molecule has 3 rings (SSSR count). The molecule has 0 unspecified atom stereocenters. The van der Waals surface area contributed by atoms with Crippen LogP contribution in [0.25, 0.3) is 0 Å². The van der Waals surface area contributed by atoms with Crippen molar-refractivity contribution in [3.05, 3.63) is 86.3 Å². The molecule has 0 atom stereocenters. The van der Waals surface area contributed by atoms with Crippen molar-refractivity contribution in [3.63, 3.8) is 0 Å². The van der Waals surface area contributed by atoms with Crippen LogP contribution in [0.4, 0.5) is 0 Å². The molecule has 0 radical (unpaired) electrons. The van der Waals surface area contributed by atoms with Crippen LogP contribution in [0, 0.1) is 0 Å². The van der Waals surface area contributed by atoms with E-state index in [2.05, 4.69) is 153 Å². The second kappa shape index (κ2) is 10.5. The zero-order valence-corrected chi connectivity index (χ0v) is 26.9. The first-order valence-electron chi connectivity index (χ1n) is 11.6. The molecule has 0 spiro atoms. The van der Waals surface area contributed by atoms with E-state index < -0.39 is 16.2 Å². The van der Waals surface area contributed by atoms with Gasteiger partial charge in [0.15, 0.2) is 0 Å². The van der Waals surface area contributed by atoms with E-state index in [9.17, 15) is 0 Å². The Kier molecular flexibility index (Phi) is 8.49. The second-order valence-corrected chi connectivity index (χ2v) is 19.0. The molecule has 0 aromatic heterocycles. The van der Waals surface area contributed by atoms with Gasteiger partial charge in [-0.25, -0.2) is 0 Å². The fourth-order valence-corrected chi connectivity index (χ4v) is 12.5.